The van der Waals surface area contributed by atoms with E-state index in [0.717, 1.165) is 4.47 Å². The van der Waals surface area contributed by atoms with Crippen LogP contribution in [0.5, 0.6) is 11.5 Å². The number of rotatable bonds is 7. The Morgan fingerprint density at radius 1 is 1.30 bits per heavy atom. The van der Waals surface area contributed by atoms with Crippen LogP contribution in [0.1, 0.15) is 25.2 Å². The van der Waals surface area contributed by atoms with Crippen LogP contribution in [-0.2, 0) is 6.42 Å². The Bertz CT molecular complexity index is 1210. The van der Waals surface area contributed by atoms with E-state index in [9.17, 15) is 14.9 Å². The average Bonchev–Trinajstić information content (AvgIpc) is 2.73. The standard InChI is InChI=1S/C20H19BrN4O5/c1-4-18-23-15-7-6-13(21)10-14(15)20(26)24(18)22-11-12-8-16(25(27)28)19(29-3)17(9-12)30-5-2/h6-11H,4-5H2,1-3H3. The third-order valence-corrected chi connectivity index (χ3v) is 4.77. The Labute approximate surface area is 180 Å². The summed E-state index contributed by atoms with van der Waals surface area (Å²) in [5.74, 6) is 0.723. The summed E-state index contributed by atoms with van der Waals surface area (Å²) in [6.07, 6.45) is 1.84. The molecular weight excluding hydrogens is 456 g/mol. The number of hydrogen-bond acceptors (Lipinski definition) is 7. The van der Waals surface area contributed by atoms with Crippen molar-refractivity contribution in [3.05, 3.63) is 66.7 Å². The molecule has 0 amide bonds. The molecule has 0 spiro atoms. The normalized spacial score (nSPS) is 11.2. The number of halogens is 1. The van der Waals surface area contributed by atoms with Gasteiger partial charge in [0.05, 0.1) is 35.8 Å². The summed E-state index contributed by atoms with van der Waals surface area (Å²) in [7, 11) is 1.34. The minimum Gasteiger partial charge on any atom is -0.490 e. The number of benzene rings is 2. The fourth-order valence-corrected chi connectivity index (χ4v) is 3.31. The fourth-order valence-electron chi connectivity index (χ4n) is 2.95. The van der Waals surface area contributed by atoms with Gasteiger partial charge in [0.2, 0.25) is 5.75 Å². The Morgan fingerprint density at radius 3 is 2.70 bits per heavy atom. The van der Waals surface area contributed by atoms with Crippen molar-refractivity contribution in [2.45, 2.75) is 20.3 Å². The van der Waals surface area contributed by atoms with E-state index in [2.05, 4.69) is 26.0 Å². The first-order valence-electron chi connectivity index (χ1n) is 9.14. The van der Waals surface area contributed by atoms with E-state index in [0.29, 0.717) is 35.3 Å². The molecule has 0 saturated heterocycles. The van der Waals surface area contributed by atoms with Gasteiger partial charge in [0.25, 0.3) is 5.56 Å². The lowest BCUT2D eigenvalue weighted by Crippen LogP contribution is -2.22. The summed E-state index contributed by atoms with van der Waals surface area (Å²) in [5, 5.41) is 16.1. The van der Waals surface area contributed by atoms with Crippen molar-refractivity contribution in [3.63, 3.8) is 0 Å². The topological polar surface area (TPSA) is 109 Å². The lowest BCUT2D eigenvalue weighted by atomic mass is 10.2. The highest BCUT2D eigenvalue weighted by atomic mass is 79.9. The average molecular weight is 475 g/mol. The van der Waals surface area contributed by atoms with Gasteiger partial charge < -0.3 is 9.47 Å². The first-order valence-corrected chi connectivity index (χ1v) is 9.93. The van der Waals surface area contributed by atoms with Crippen LogP contribution < -0.4 is 15.0 Å². The summed E-state index contributed by atoms with van der Waals surface area (Å²) in [6.45, 7) is 3.93. The van der Waals surface area contributed by atoms with Crippen molar-refractivity contribution >= 4 is 38.7 Å². The summed E-state index contributed by atoms with van der Waals surface area (Å²) in [4.78, 5) is 28.4. The maximum absolute atomic E-state index is 13.0. The van der Waals surface area contributed by atoms with Gasteiger partial charge in [-0.25, -0.2) is 4.98 Å². The predicted molar refractivity (Wildman–Crippen MR) is 117 cm³/mol. The molecule has 2 aromatic carbocycles. The van der Waals surface area contributed by atoms with E-state index in [1.54, 1.807) is 25.1 Å². The molecule has 0 N–H and O–H groups in total. The van der Waals surface area contributed by atoms with Crippen molar-refractivity contribution in [3.8, 4) is 11.5 Å². The van der Waals surface area contributed by atoms with Gasteiger partial charge in [-0.2, -0.15) is 9.78 Å². The predicted octanol–water partition coefficient (Wildman–Crippen LogP) is 3.92. The molecule has 0 radical (unpaired) electrons. The molecule has 3 aromatic rings. The number of hydrogen-bond donors (Lipinski definition) is 0. The first-order chi connectivity index (χ1) is 14.4. The smallest absolute Gasteiger partial charge is 0.315 e. The third kappa shape index (κ3) is 4.18. The van der Waals surface area contributed by atoms with Crippen molar-refractivity contribution in [1.29, 1.82) is 0 Å². The molecule has 0 unspecified atom stereocenters. The zero-order chi connectivity index (χ0) is 21.8. The van der Waals surface area contributed by atoms with Gasteiger partial charge in [-0.3, -0.25) is 14.9 Å². The second-order valence-electron chi connectivity index (χ2n) is 6.17. The lowest BCUT2D eigenvalue weighted by Gasteiger charge is -2.11. The van der Waals surface area contributed by atoms with Gasteiger partial charge in [-0.15, -0.1) is 0 Å². The number of nitrogens with zero attached hydrogens (tertiary/aromatic N) is 4. The lowest BCUT2D eigenvalue weighted by molar-refractivity contribution is -0.385. The highest BCUT2D eigenvalue weighted by Gasteiger charge is 2.21. The van der Waals surface area contributed by atoms with E-state index in [1.807, 2.05) is 13.0 Å². The Hall–Kier alpha value is -3.27. The fraction of sp³-hybridized carbons (Fsp3) is 0.250. The second-order valence-corrected chi connectivity index (χ2v) is 7.08. The monoisotopic (exact) mass is 474 g/mol. The van der Waals surface area contributed by atoms with E-state index >= 15 is 0 Å². The molecule has 1 aromatic heterocycles. The van der Waals surface area contributed by atoms with Gasteiger partial charge in [-0.1, -0.05) is 22.9 Å². The minimum atomic E-state index is -0.558. The quantitative estimate of drug-likeness (QED) is 0.291. The minimum absolute atomic E-state index is 0.0302. The number of aromatic nitrogens is 2. The number of ether oxygens (including phenoxy) is 2. The zero-order valence-corrected chi connectivity index (χ0v) is 18.2. The molecule has 156 valence electrons. The van der Waals surface area contributed by atoms with E-state index < -0.39 is 4.92 Å². The van der Waals surface area contributed by atoms with Gasteiger partial charge in [-0.05, 0) is 31.2 Å². The molecule has 3 rings (SSSR count). The number of methoxy groups -OCH3 is 1. The van der Waals surface area contributed by atoms with Crippen LogP contribution in [0.25, 0.3) is 10.9 Å². The molecule has 1 heterocycles. The van der Waals surface area contributed by atoms with Crippen LogP contribution in [0.15, 0.2) is 44.7 Å². The molecule has 0 fully saturated rings. The summed E-state index contributed by atoms with van der Waals surface area (Å²) < 4.78 is 12.6. The SMILES string of the molecule is CCOc1cc(C=Nn2c(CC)nc3ccc(Br)cc3c2=O)cc([N+](=O)[O-])c1OC. The third-order valence-electron chi connectivity index (χ3n) is 4.27. The van der Waals surface area contributed by atoms with E-state index in [1.165, 1.54) is 24.1 Å². The molecule has 30 heavy (non-hydrogen) atoms. The highest BCUT2D eigenvalue weighted by Crippen LogP contribution is 2.37. The Balaban J connectivity index is 2.15. The summed E-state index contributed by atoms with van der Waals surface area (Å²) in [5.41, 5.74) is 0.371. The Morgan fingerprint density at radius 2 is 2.07 bits per heavy atom. The summed E-state index contributed by atoms with van der Waals surface area (Å²) >= 11 is 3.36. The van der Waals surface area contributed by atoms with Crippen LogP contribution >= 0.6 is 15.9 Å². The molecular formula is C20H19BrN4O5. The van der Waals surface area contributed by atoms with E-state index in [-0.39, 0.29) is 22.7 Å². The molecule has 0 atom stereocenters. The highest BCUT2D eigenvalue weighted by molar-refractivity contribution is 9.10. The summed E-state index contributed by atoms with van der Waals surface area (Å²) in [6, 6.07) is 8.14. The Kier molecular flexibility index (Phi) is 6.46. The van der Waals surface area contributed by atoms with Crippen molar-refractivity contribution in [2.75, 3.05) is 13.7 Å². The van der Waals surface area contributed by atoms with Crippen LogP contribution in [0, 0.1) is 10.1 Å². The van der Waals surface area contributed by atoms with Crippen LogP contribution in [0.4, 0.5) is 5.69 Å². The van der Waals surface area contributed by atoms with Gasteiger partial charge in [0, 0.05) is 22.5 Å². The molecule has 9 nitrogen and oxygen atoms in total. The van der Waals surface area contributed by atoms with Gasteiger partial charge >= 0.3 is 5.69 Å². The van der Waals surface area contributed by atoms with Gasteiger partial charge in [0.1, 0.15) is 5.82 Å². The molecule has 0 bridgehead atoms. The number of nitro benzene ring substituents is 1. The van der Waals surface area contributed by atoms with Crippen LogP contribution in [0.3, 0.4) is 0 Å². The number of nitro groups is 1. The number of aryl methyl sites for hydroxylation is 1. The largest absolute Gasteiger partial charge is 0.490 e. The molecule has 10 heteroatoms. The first kappa shape index (κ1) is 21.4. The van der Waals surface area contributed by atoms with E-state index in [4.69, 9.17) is 9.47 Å². The molecule has 0 saturated carbocycles. The zero-order valence-electron chi connectivity index (χ0n) is 16.6. The van der Waals surface area contributed by atoms with Crippen LogP contribution in [0.2, 0.25) is 0 Å². The van der Waals surface area contributed by atoms with Crippen molar-refractivity contribution in [1.82, 2.24) is 9.66 Å². The molecule has 0 aliphatic carbocycles. The maximum atomic E-state index is 13.0. The molecule has 0 aliphatic heterocycles. The maximum Gasteiger partial charge on any atom is 0.315 e. The van der Waals surface area contributed by atoms with Gasteiger partial charge in [0.15, 0.2) is 5.75 Å². The molecule has 0 aliphatic rings. The number of fused-ring (bicyclic) bond motifs is 1. The van der Waals surface area contributed by atoms with Crippen molar-refractivity contribution < 1.29 is 14.4 Å². The van der Waals surface area contributed by atoms with Crippen LogP contribution in [-0.4, -0.2) is 34.5 Å². The second kappa shape index (κ2) is 9.04. The van der Waals surface area contributed by atoms with Crippen molar-refractivity contribution in [2.24, 2.45) is 5.10 Å².